The number of pyridine rings is 1. The second-order valence-electron chi connectivity index (χ2n) is 8.60. The number of nitrogens with zero attached hydrogens (tertiary/aromatic N) is 1. The Labute approximate surface area is 197 Å². The quantitative estimate of drug-likeness (QED) is 0.318. The van der Waals surface area contributed by atoms with Crippen molar-refractivity contribution in [3.8, 4) is 11.5 Å². The summed E-state index contributed by atoms with van der Waals surface area (Å²) in [6.45, 7) is 6.74. The van der Waals surface area contributed by atoms with Gasteiger partial charge in [-0.1, -0.05) is 0 Å². The molecule has 0 fully saturated rings. The first-order chi connectivity index (χ1) is 16.0. The Hall–Kier alpha value is -4.01. The fraction of sp³-hybridized carbons (Fsp3) is 0.320. The number of aromatic nitrogens is 1. The van der Waals surface area contributed by atoms with Crippen LogP contribution < -0.4 is 15.2 Å². The van der Waals surface area contributed by atoms with Crippen molar-refractivity contribution < 1.29 is 33.3 Å². The van der Waals surface area contributed by atoms with Crippen LogP contribution in [0.1, 0.15) is 52.7 Å². The van der Waals surface area contributed by atoms with E-state index in [1.807, 2.05) is 0 Å². The van der Waals surface area contributed by atoms with Crippen LogP contribution in [-0.4, -0.2) is 48.6 Å². The van der Waals surface area contributed by atoms with Gasteiger partial charge in [-0.2, -0.15) is 0 Å². The predicted molar refractivity (Wildman–Crippen MR) is 126 cm³/mol. The molecule has 180 valence electrons. The maximum atomic E-state index is 13.5. The van der Waals surface area contributed by atoms with Crippen molar-refractivity contribution >= 4 is 28.9 Å². The number of carbonyl (C=O) groups excluding carboxylic acids is 3. The summed E-state index contributed by atoms with van der Waals surface area (Å²) in [7, 11) is 2.73. The summed E-state index contributed by atoms with van der Waals surface area (Å²) in [4.78, 5) is 37.7. The zero-order valence-electron chi connectivity index (χ0n) is 20.1. The second-order valence-corrected chi connectivity index (χ2v) is 8.60. The molecule has 0 aliphatic heterocycles. The second kappa shape index (κ2) is 9.46. The lowest BCUT2D eigenvalue weighted by Crippen LogP contribution is -2.27. The number of nitrogens with two attached hydrogens (primary N) is 1. The molecule has 1 aromatic carbocycles. The molecule has 0 bridgehead atoms. The smallest absolute Gasteiger partial charge is 0.344 e. The Morgan fingerprint density at radius 2 is 1.79 bits per heavy atom. The van der Waals surface area contributed by atoms with Crippen molar-refractivity contribution in [2.75, 3.05) is 26.6 Å². The number of carbonyl (C=O) groups is 3. The van der Waals surface area contributed by atoms with E-state index in [2.05, 4.69) is 0 Å². The third-order valence-corrected chi connectivity index (χ3v) is 5.01. The number of ether oxygens (including phenoxy) is 4. The number of methoxy groups -OCH3 is 2. The molecule has 3 rings (SSSR count). The van der Waals surface area contributed by atoms with Gasteiger partial charge in [-0.3, -0.25) is 4.79 Å². The van der Waals surface area contributed by atoms with E-state index >= 15 is 0 Å². The Morgan fingerprint density at radius 3 is 2.41 bits per heavy atom. The van der Waals surface area contributed by atoms with Gasteiger partial charge in [-0.25, -0.2) is 9.59 Å². The average Bonchev–Trinajstić information content (AvgIpc) is 3.07. The fourth-order valence-electron chi connectivity index (χ4n) is 3.64. The molecule has 2 heterocycles. The molecular formula is C25H28N2O7. The zero-order chi connectivity index (χ0) is 25.2. The minimum Gasteiger partial charge on any atom is -0.494 e. The number of hydrogen-bond donors (Lipinski definition) is 1. The zero-order valence-corrected chi connectivity index (χ0v) is 20.1. The highest BCUT2D eigenvalue weighted by molar-refractivity contribution is 6.12. The van der Waals surface area contributed by atoms with E-state index in [9.17, 15) is 14.4 Å². The Balaban J connectivity index is 2.06. The first kappa shape index (κ1) is 24.6. The van der Waals surface area contributed by atoms with Gasteiger partial charge in [0.2, 0.25) is 5.78 Å². The maximum absolute atomic E-state index is 13.5. The molecule has 0 saturated heterocycles. The van der Waals surface area contributed by atoms with Gasteiger partial charge in [-0.05, 0) is 58.0 Å². The van der Waals surface area contributed by atoms with Crippen LogP contribution in [0, 0.1) is 6.92 Å². The predicted octanol–water partition coefficient (Wildman–Crippen LogP) is 3.58. The molecule has 3 aromatic rings. The molecule has 0 aliphatic rings. The normalized spacial score (nSPS) is 11.2. The van der Waals surface area contributed by atoms with Gasteiger partial charge in [-0.15, -0.1) is 0 Å². The lowest BCUT2D eigenvalue weighted by molar-refractivity contribution is -0.157. The summed E-state index contributed by atoms with van der Waals surface area (Å²) in [5.74, 6) is -0.749. The SMILES string of the molecule is COC(=O)c1cc(C(=O)c2c(C)c(OC)c3c(OCC(=O)OC(C)(C)C)cccn23)ccc1N. The van der Waals surface area contributed by atoms with Crippen molar-refractivity contribution in [2.45, 2.75) is 33.3 Å². The van der Waals surface area contributed by atoms with E-state index in [1.54, 1.807) is 50.4 Å². The van der Waals surface area contributed by atoms with Gasteiger partial charge in [0, 0.05) is 23.0 Å². The minimum atomic E-state index is -0.641. The molecule has 2 N–H and O–H groups in total. The first-order valence-corrected chi connectivity index (χ1v) is 10.5. The summed E-state index contributed by atoms with van der Waals surface area (Å²) >= 11 is 0. The topological polar surface area (TPSA) is 119 Å². The molecule has 0 atom stereocenters. The van der Waals surface area contributed by atoms with Crippen LogP contribution in [0.3, 0.4) is 0 Å². The largest absolute Gasteiger partial charge is 0.494 e. The lowest BCUT2D eigenvalue weighted by atomic mass is 10.0. The Kier molecular flexibility index (Phi) is 6.85. The molecule has 34 heavy (non-hydrogen) atoms. The number of esters is 2. The van der Waals surface area contributed by atoms with Crippen LogP contribution >= 0.6 is 0 Å². The van der Waals surface area contributed by atoms with Crippen LogP contribution in [0.25, 0.3) is 5.52 Å². The van der Waals surface area contributed by atoms with Gasteiger partial charge in [0.25, 0.3) is 0 Å². The molecule has 0 unspecified atom stereocenters. The van der Waals surface area contributed by atoms with Crippen molar-refractivity contribution in [3.05, 3.63) is 58.9 Å². The van der Waals surface area contributed by atoms with Gasteiger partial charge >= 0.3 is 11.9 Å². The van der Waals surface area contributed by atoms with Gasteiger partial charge < -0.3 is 29.1 Å². The number of nitrogen functional groups attached to an aromatic ring is 1. The standard InChI is InChI=1S/C25H28N2O7/c1-14-20(22(29)15-9-10-17(26)16(12-15)24(30)32-6)27-11-7-8-18(21(27)23(14)31-5)33-13-19(28)34-25(2,3)4/h7-12H,13,26H2,1-6H3. The monoisotopic (exact) mass is 468 g/mol. The number of anilines is 1. The molecule has 0 aliphatic carbocycles. The van der Waals surface area contributed by atoms with Crippen LogP contribution in [0.15, 0.2) is 36.5 Å². The average molecular weight is 469 g/mol. The van der Waals surface area contributed by atoms with E-state index in [1.165, 1.54) is 32.4 Å². The molecule has 9 nitrogen and oxygen atoms in total. The van der Waals surface area contributed by atoms with Crippen LogP contribution in [0.5, 0.6) is 11.5 Å². The van der Waals surface area contributed by atoms with Gasteiger partial charge in [0.1, 0.15) is 22.6 Å². The minimum absolute atomic E-state index is 0.0974. The van der Waals surface area contributed by atoms with E-state index in [0.29, 0.717) is 28.3 Å². The van der Waals surface area contributed by atoms with Crippen molar-refractivity contribution in [1.29, 1.82) is 0 Å². The Bertz CT molecular complexity index is 1270. The van der Waals surface area contributed by atoms with Gasteiger partial charge in [0.05, 0.1) is 19.8 Å². The summed E-state index contributed by atoms with van der Waals surface area (Å²) in [5, 5.41) is 0. The van der Waals surface area contributed by atoms with E-state index < -0.39 is 17.5 Å². The van der Waals surface area contributed by atoms with Crippen molar-refractivity contribution in [1.82, 2.24) is 4.40 Å². The molecule has 2 aromatic heterocycles. The number of benzene rings is 1. The highest BCUT2D eigenvalue weighted by Crippen LogP contribution is 2.37. The van der Waals surface area contributed by atoms with Crippen molar-refractivity contribution in [2.24, 2.45) is 0 Å². The van der Waals surface area contributed by atoms with Crippen molar-refractivity contribution in [3.63, 3.8) is 0 Å². The maximum Gasteiger partial charge on any atom is 0.344 e. The summed E-state index contributed by atoms with van der Waals surface area (Å²) in [6.07, 6.45) is 1.69. The first-order valence-electron chi connectivity index (χ1n) is 10.5. The van der Waals surface area contributed by atoms with E-state index in [4.69, 9.17) is 24.7 Å². The van der Waals surface area contributed by atoms with Crippen LogP contribution in [0.4, 0.5) is 5.69 Å². The van der Waals surface area contributed by atoms with Gasteiger partial charge in [0.15, 0.2) is 12.4 Å². The van der Waals surface area contributed by atoms with Crippen LogP contribution in [0.2, 0.25) is 0 Å². The summed E-state index contributed by atoms with van der Waals surface area (Å²) in [5.41, 5.74) is 7.15. The van der Waals surface area contributed by atoms with Crippen LogP contribution in [-0.2, 0) is 14.3 Å². The highest BCUT2D eigenvalue weighted by atomic mass is 16.6. The number of rotatable bonds is 7. The Morgan fingerprint density at radius 1 is 1.09 bits per heavy atom. The molecule has 0 spiro atoms. The number of ketones is 1. The third-order valence-electron chi connectivity index (χ3n) is 5.01. The lowest BCUT2D eigenvalue weighted by Gasteiger charge is -2.19. The molecular weight excluding hydrogens is 440 g/mol. The molecule has 9 heteroatoms. The molecule has 0 saturated carbocycles. The third kappa shape index (κ3) is 4.83. The highest BCUT2D eigenvalue weighted by Gasteiger charge is 2.26. The fourth-order valence-corrected chi connectivity index (χ4v) is 3.64. The summed E-state index contributed by atoms with van der Waals surface area (Å²) < 4.78 is 23.0. The number of hydrogen-bond acceptors (Lipinski definition) is 8. The van der Waals surface area contributed by atoms with E-state index in [0.717, 1.165) is 0 Å². The summed E-state index contributed by atoms with van der Waals surface area (Å²) in [6, 6.07) is 7.79. The molecule has 0 amide bonds. The number of fused-ring (bicyclic) bond motifs is 1. The van der Waals surface area contributed by atoms with E-state index in [-0.39, 0.29) is 29.2 Å². The molecule has 0 radical (unpaired) electrons.